The van der Waals surface area contributed by atoms with Crippen LogP contribution in [0.25, 0.3) is 0 Å². The molecule has 1 aliphatic heterocycles. The van der Waals surface area contributed by atoms with Gasteiger partial charge in [0.15, 0.2) is 6.10 Å². The molecule has 0 fully saturated rings. The molecule has 0 saturated heterocycles. The molecule has 0 saturated carbocycles. The van der Waals surface area contributed by atoms with Crippen molar-refractivity contribution in [3.63, 3.8) is 0 Å². The Labute approximate surface area is 247 Å². The average Bonchev–Trinajstić information content (AvgIpc) is 2.94. The van der Waals surface area contributed by atoms with Crippen molar-refractivity contribution in [3.05, 3.63) is 59.7 Å². The lowest BCUT2D eigenvalue weighted by Gasteiger charge is -2.29. The summed E-state index contributed by atoms with van der Waals surface area (Å²) in [5, 5.41) is 39.1. The van der Waals surface area contributed by atoms with Crippen LogP contribution in [0.4, 0.5) is 16.2 Å². The van der Waals surface area contributed by atoms with E-state index in [2.05, 4.69) is 17.2 Å². The van der Waals surface area contributed by atoms with Gasteiger partial charge >= 0.3 is 6.09 Å². The Balaban J connectivity index is 2.67. The van der Waals surface area contributed by atoms with Gasteiger partial charge < -0.3 is 45.9 Å². The van der Waals surface area contributed by atoms with Crippen LogP contribution in [0.3, 0.4) is 0 Å². The average molecular weight is 588 g/mol. The van der Waals surface area contributed by atoms with Gasteiger partial charge in [0, 0.05) is 43.9 Å². The maximum atomic E-state index is 13.0. The molecule has 1 heterocycles. The number of benzene rings is 1. The van der Waals surface area contributed by atoms with Crippen LogP contribution >= 0.6 is 0 Å². The predicted molar refractivity (Wildman–Crippen MR) is 162 cm³/mol. The highest BCUT2D eigenvalue weighted by Crippen LogP contribution is 2.42. The highest BCUT2D eigenvalue weighted by atomic mass is 16.6. The van der Waals surface area contributed by atoms with Gasteiger partial charge in [-0.15, -0.1) is 6.58 Å². The van der Waals surface area contributed by atoms with Crippen molar-refractivity contribution >= 4 is 23.4 Å². The zero-order valence-electron chi connectivity index (χ0n) is 25.2. The molecular weight excluding hydrogens is 542 g/mol. The molecule has 0 aromatic heterocycles. The van der Waals surface area contributed by atoms with Crippen LogP contribution in [-0.2, 0) is 25.4 Å². The highest BCUT2D eigenvalue weighted by molar-refractivity contribution is 6.04. The number of carbonyl (C=O) groups excluding carboxylic acids is 2. The van der Waals surface area contributed by atoms with Crippen LogP contribution in [0.2, 0.25) is 0 Å². The molecule has 7 N–H and O–H groups in total. The summed E-state index contributed by atoms with van der Waals surface area (Å²) < 4.78 is 16.6. The van der Waals surface area contributed by atoms with E-state index in [1.807, 2.05) is 13.8 Å². The second-order valence-corrected chi connectivity index (χ2v) is 10.6. The van der Waals surface area contributed by atoms with Gasteiger partial charge in [-0.25, -0.2) is 4.79 Å². The number of carbonyl (C=O) groups is 2. The van der Waals surface area contributed by atoms with E-state index in [1.165, 1.54) is 26.4 Å². The van der Waals surface area contributed by atoms with Gasteiger partial charge in [-0.3, -0.25) is 4.79 Å². The van der Waals surface area contributed by atoms with Crippen LogP contribution in [0, 0.1) is 11.8 Å². The molecule has 0 radical (unpaired) electrons. The van der Waals surface area contributed by atoms with Gasteiger partial charge in [-0.05, 0) is 38.2 Å². The van der Waals surface area contributed by atoms with Crippen LogP contribution in [-0.4, -0.2) is 72.5 Å². The molecule has 1 aliphatic rings. The number of ether oxygens (including phenoxy) is 3. The quantitative estimate of drug-likeness (QED) is 0.162. The number of phenols is 2. The van der Waals surface area contributed by atoms with Crippen molar-refractivity contribution in [1.82, 2.24) is 0 Å². The second-order valence-electron chi connectivity index (χ2n) is 10.6. The Bertz CT molecular complexity index is 1210. The van der Waals surface area contributed by atoms with E-state index < -0.39 is 42.3 Å². The fourth-order valence-corrected chi connectivity index (χ4v) is 4.98. The Morgan fingerprint density at radius 2 is 1.93 bits per heavy atom. The first-order chi connectivity index (χ1) is 19.8. The van der Waals surface area contributed by atoms with E-state index in [0.29, 0.717) is 41.8 Å². The van der Waals surface area contributed by atoms with Gasteiger partial charge in [0.05, 0.1) is 23.6 Å². The Morgan fingerprint density at radius 3 is 2.52 bits per heavy atom. The number of anilines is 2. The summed E-state index contributed by atoms with van der Waals surface area (Å²) in [4.78, 5) is 24.7. The van der Waals surface area contributed by atoms with E-state index in [0.717, 1.165) is 0 Å². The number of nitrogens with one attached hydrogen (secondary N) is 2. The van der Waals surface area contributed by atoms with Crippen molar-refractivity contribution < 1.29 is 39.1 Å². The Kier molecular flexibility index (Phi) is 13.1. The number of hydrogen-bond donors (Lipinski definition) is 6. The Morgan fingerprint density at radius 1 is 1.24 bits per heavy atom. The van der Waals surface area contributed by atoms with Crippen molar-refractivity contribution in [2.24, 2.45) is 17.6 Å². The summed E-state index contributed by atoms with van der Waals surface area (Å²) in [6.45, 7) is 11.1. The van der Waals surface area contributed by atoms with Gasteiger partial charge in [0.25, 0.3) is 5.91 Å². The van der Waals surface area contributed by atoms with Gasteiger partial charge in [0.1, 0.15) is 17.6 Å². The number of methoxy groups -OCH3 is 2. The summed E-state index contributed by atoms with van der Waals surface area (Å²) >= 11 is 0. The number of fused-ring (bicyclic) bond motifs is 2. The number of allylic oxidation sites excluding steroid dienone is 2. The lowest BCUT2D eigenvalue weighted by molar-refractivity contribution is -0.112. The van der Waals surface area contributed by atoms with Gasteiger partial charge in [-0.1, -0.05) is 44.2 Å². The van der Waals surface area contributed by atoms with E-state index in [-0.39, 0.29) is 23.1 Å². The minimum atomic E-state index is -0.990. The summed E-state index contributed by atoms with van der Waals surface area (Å²) in [5.41, 5.74) is 7.01. The van der Waals surface area contributed by atoms with Crippen LogP contribution < -0.4 is 16.4 Å². The molecule has 6 atom stereocenters. The number of rotatable bonds is 6. The largest absolute Gasteiger partial charge is 0.506 e. The molecule has 0 aliphatic carbocycles. The lowest BCUT2D eigenvalue weighted by Crippen LogP contribution is -2.37. The third-order valence-electron chi connectivity index (χ3n) is 7.25. The molecule has 11 heteroatoms. The van der Waals surface area contributed by atoms with Crippen molar-refractivity contribution in [2.45, 2.75) is 65.0 Å². The smallest absolute Gasteiger partial charge is 0.405 e. The first-order valence-corrected chi connectivity index (χ1v) is 13.8. The molecule has 0 unspecified atom stereocenters. The summed E-state index contributed by atoms with van der Waals surface area (Å²) in [6.07, 6.45) is 4.64. The standard InChI is InChI=1S/C31H45N3O8/c1-8-12-33-26-21-13-17(2)14-25(41-7)27(36)19(4)15-20(5)29(42-31(32)39)24(40-6)11-9-10-18(3)30(38)34-22(28(21)37)16-23(26)35/h8-11,15-17,19,24-25,27,29,33,35-37H,1,12-14H2,2-7H3,(H2,32,39)(H,34,38)/t17-,19+,24+,25+,27+,29+/m1/s1. The topological polar surface area (TPSA) is 173 Å². The van der Waals surface area contributed by atoms with E-state index >= 15 is 0 Å². The van der Waals surface area contributed by atoms with Crippen LogP contribution in [0.15, 0.2) is 54.2 Å². The number of phenolic OH excluding ortho intramolecular Hbond substituents is 2. The number of amides is 2. The normalized spacial score (nSPS) is 26.0. The maximum Gasteiger partial charge on any atom is 0.405 e. The number of aromatic hydroxyl groups is 2. The summed E-state index contributed by atoms with van der Waals surface area (Å²) in [5.74, 6) is -1.41. The number of aliphatic hydroxyl groups excluding tert-OH is 1. The zero-order chi connectivity index (χ0) is 31.6. The van der Waals surface area contributed by atoms with Crippen molar-refractivity contribution in [1.29, 1.82) is 0 Å². The number of hydrogen-bond acceptors (Lipinski definition) is 9. The Hall–Kier alpha value is -3.80. The number of nitrogens with two attached hydrogens (primary N) is 1. The van der Waals surface area contributed by atoms with Crippen molar-refractivity contribution in [2.75, 3.05) is 31.4 Å². The summed E-state index contributed by atoms with van der Waals surface area (Å²) in [7, 11) is 2.95. The third kappa shape index (κ3) is 9.10. The highest BCUT2D eigenvalue weighted by Gasteiger charge is 2.30. The summed E-state index contributed by atoms with van der Waals surface area (Å²) in [6, 6.07) is 1.28. The van der Waals surface area contributed by atoms with E-state index in [9.17, 15) is 24.9 Å². The lowest BCUT2D eigenvalue weighted by atomic mass is 9.87. The van der Waals surface area contributed by atoms with Crippen molar-refractivity contribution in [3.8, 4) is 11.5 Å². The van der Waals surface area contributed by atoms with Gasteiger partial charge in [0.2, 0.25) is 0 Å². The fraction of sp³-hybridized carbons (Fsp3) is 0.484. The zero-order valence-corrected chi connectivity index (χ0v) is 25.2. The van der Waals surface area contributed by atoms with E-state index in [1.54, 1.807) is 38.2 Å². The van der Waals surface area contributed by atoms with Crippen LogP contribution in [0.1, 0.15) is 39.7 Å². The SMILES string of the molecule is C=CCNc1c(O)cc2c(O)c1C[C@@H](C)C[C@H](OC)[C@@H](O)[C@@H](C)C=C(C)[C@H](OC(N)=O)[C@@H](OC)C=CC=C(C)C(=O)N2. The van der Waals surface area contributed by atoms with Crippen LogP contribution in [0.5, 0.6) is 11.5 Å². The molecule has 2 rings (SSSR count). The monoisotopic (exact) mass is 587 g/mol. The third-order valence-corrected chi connectivity index (χ3v) is 7.25. The molecule has 42 heavy (non-hydrogen) atoms. The van der Waals surface area contributed by atoms with E-state index in [4.69, 9.17) is 19.9 Å². The molecular formula is C31H45N3O8. The molecule has 2 amide bonds. The molecule has 0 spiro atoms. The fourth-order valence-electron chi connectivity index (χ4n) is 4.98. The minimum absolute atomic E-state index is 0.0416. The predicted octanol–water partition coefficient (Wildman–Crippen LogP) is 4.16. The maximum absolute atomic E-state index is 13.0. The number of aliphatic hydroxyl groups is 1. The second kappa shape index (κ2) is 16.0. The minimum Gasteiger partial charge on any atom is -0.506 e. The first-order valence-electron chi connectivity index (χ1n) is 13.8. The molecule has 11 nitrogen and oxygen atoms in total. The molecule has 1 aromatic carbocycles. The first kappa shape index (κ1) is 34.4. The number of primary amides is 1. The molecule has 1 aromatic rings. The molecule has 2 bridgehead atoms. The van der Waals surface area contributed by atoms with Gasteiger partial charge in [-0.2, -0.15) is 0 Å². The molecule has 232 valence electrons.